The van der Waals surface area contributed by atoms with E-state index in [1.165, 1.54) is 22.3 Å². The molecule has 3 rings (SSSR count). The smallest absolute Gasteiger partial charge is 0.119 e. The van der Waals surface area contributed by atoms with Gasteiger partial charge in [0.25, 0.3) is 0 Å². The molecule has 0 amide bonds. The van der Waals surface area contributed by atoms with E-state index in [0.717, 1.165) is 29.7 Å². The minimum Gasteiger partial charge on any atom is -0.508 e. The normalized spacial score (nSPS) is 11.8. The van der Waals surface area contributed by atoms with Gasteiger partial charge in [0.15, 0.2) is 0 Å². The molecule has 150 valence electrons. The van der Waals surface area contributed by atoms with E-state index in [4.69, 9.17) is 10.5 Å². The van der Waals surface area contributed by atoms with E-state index in [0.29, 0.717) is 13.2 Å². The largest absolute Gasteiger partial charge is 0.508 e. The first-order valence-corrected chi connectivity index (χ1v) is 10.2. The zero-order valence-electron chi connectivity index (χ0n) is 17.2. The first kappa shape index (κ1) is 20.7. The van der Waals surface area contributed by atoms with Crippen LogP contribution in [0.5, 0.6) is 11.5 Å². The number of aromatic hydroxyl groups is 1. The van der Waals surface area contributed by atoms with Crippen LogP contribution in [0.15, 0.2) is 72.8 Å². The fourth-order valence-electron chi connectivity index (χ4n) is 3.50. The van der Waals surface area contributed by atoms with Crippen molar-refractivity contribution in [1.82, 2.24) is 0 Å². The summed E-state index contributed by atoms with van der Waals surface area (Å²) in [5.74, 6) is 1.08. The van der Waals surface area contributed by atoms with E-state index >= 15 is 0 Å². The van der Waals surface area contributed by atoms with Crippen molar-refractivity contribution in [3.63, 3.8) is 0 Å². The summed E-state index contributed by atoms with van der Waals surface area (Å²) in [5.41, 5.74) is 12.7. The van der Waals surface area contributed by atoms with E-state index < -0.39 is 0 Å². The molecule has 0 spiro atoms. The highest BCUT2D eigenvalue weighted by Gasteiger charge is 2.13. The molecular weight excluding hydrogens is 358 g/mol. The molecule has 0 saturated carbocycles. The highest BCUT2D eigenvalue weighted by atomic mass is 16.5. The number of benzene rings is 3. The Balaban J connectivity index is 2.12. The van der Waals surface area contributed by atoms with Gasteiger partial charge in [-0.2, -0.15) is 0 Å². The molecule has 0 fully saturated rings. The van der Waals surface area contributed by atoms with Gasteiger partial charge in [-0.25, -0.2) is 0 Å². The summed E-state index contributed by atoms with van der Waals surface area (Å²) < 4.78 is 5.63. The number of nitrogens with two attached hydrogens (primary N) is 1. The van der Waals surface area contributed by atoms with Crippen LogP contribution >= 0.6 is 0 Å². The molecule has 3 heteroatoms. The highest BCUT2D eigenvalue weighted by molar-refractivity contribution is 5.98. The molecule has 0 bridgehead atoms. The number of hydrogen-bond donors (Lipinski definition) is 2. The molecule has 3 N–H and O–H groups in total. The predicted molar refractivity (Wildman–Crippen MR) is 121 cm³/mol. The Morgan fingerprint density at radius 3 is 1.86 bits per heavy atom. The SMILES string of the molecule is CC/C(=C(\c1ccc(O)cc1)c1ccc(OCCN)cc1)c1ccc(CC)cc1. The Labute approximate surface area is 173 Å². The summed E-state index contributed by atoms with van der Waals surface area (Å²) in [6, 6.07) is 24.4. The average Bonchev–Trinajstić information content (AvgIpc) is 2.77. The van der Waals surface area contributed by atoms with E-state index in [-0.39, 0.29) is 5.75 Å². The van der Waals surface area contributed by atoms with Gasteiger partial charge in [0.05, 0.1) is 0 Å². The van der Waals surface area contributed by atoms with Crippen molar-refractivity contribution in [2.24, 2.45) is 5.73 Å². The topological polar surface area (TPSA) is 55.5 Å². The average molecular weight is 388 g/mol. The van der Waals surface area contributed by atoms with Crippen LogP contribution in [-0.4, -0.2) is 18.3 Å². The van der Waals surface area contributed by atoms with Gasteiger partial charge >= 0.3 is 0 Å². The number of phenols is 1. The Morgan fingerprint density at radius 1 is 0.793 bits per heavy atom. The lowest BCUT2D eigenvalue weighted by Gasteiger charge is -2.17. The van der Waals surface area contributed by atoms with Crippen molar-refractivity contribution in [2.45, 2.75) is 26.7 Å². The fourth-order valence-corrected chi connectivity index (χ4v) is 3.50. The van der Waals surface area contributed by atoms with Crippen LogP contribution in [0.25, 0.3) is 11.1 Å². The number of hydrogen-bond acceptors (Lipinski definition) is 3. The summed E-state index contributed by atoms with van der Waals surface area (Å²) in [6.07, 6.45) is 1.92. The Morgan fingerprint density at radius 2 is 1.34 bits per heavy atom. The Bertz CT molecular complexity index is 940. The molecule has 0 aliphatic heterocycles. The second-order valence-electron chi connectivity index (χ2n) is 6.97. The van der Waals surface area contributed by atoms with Crippen LogP contribution in [0.4, 0.5) is 0 Å². The van der Waals surface area contributed by atoms with Crippen molar-refractivity contribution >= 4 is 11.1 Å². The third-order valence-electron chi connectivity index (χ3n) is 5.05. The fraction of sp³-hybridized carbons (Fsp3) is 0.231. The maximum atomic E-state index is 9.76. The lowest BCUT2D eigenvalue weighted by Crippen LogP contribution is -2.10. The quantitative estimate of drug-likeness (QED) is 0.490. The summed E-state index contributed by atoms with van der Waals surface area (Å²) >= 11 is 0. The number of allylic oxidation sites excluding steroid dienone is 1. The lowest BCUT2D eigenvalue weighted by atomic mass is 9.88. The van der Waals surface area contributed by atoms with Crippen molar-refractivity contribution in [3.05, 3.63) is 95.1 Å². The molecular formula is C26H29NO2. The maximum Gasteiger partial charge on any atom is 0.119 e. The van der Waals surface area contributed by atoms with Crippen molar-refractivity contribution < 1.29 is 9.84 Å². The molecule has 0 atom stereocenters. The summed E-state index contributed by atoms with van der Waals surface area (Å²) in [5, 5.41) is 9.76. The molecule has 3 aromatic rings. The zero-order valence-corrected chi connectivity index (χ0v) is 17.2. The van der Waals surface area contributed by atoms with Gasteiger partial charge < -0.3 is 15.6 Å². The van der Waals surface area contributed by atoms with Crippen molar-refractivity contribution in [2.75, 3.05) is 13.2 Å². The Hall–Kier alpha value is -3.04. The maximum absolute atomic E-state index is 9.76. The second-order valence-corrected chi connectivity index (χ2v) is 6.97. The molecule has 0 aromatic heterocycles. The van der Waals surface area contributed by atoms with Crippen molar-refractivity contribution in [3.8, 4) is 11.5 Å². The number of ether oxygens (including phenoxy) is 1. The zero-order chi connectivity index (χ0) is 20.6. The van der Waals surface area contributed by atoms with Gasteiger partial charge in [-0.15, -0.1) is 0 Å². The molecule has 0 saturated heterocycles. The Kier molecular flexibility index (Phi) is 7.09. The van der Waals surface area contributed by atoms with E-state index in [1.807, 2.05) is 24.3 Å². The third-order valence-corrected chi connectivity index (χ3v) is 5.05. The predicted octanol–water partition coefficient (Wildman–Crippen LogP) is 5.66. The second kappa shape index (κ2) is 9.94. The van der Waals surface area contributed by atoms with Crippen LogP contribution in [-0.2, 0) is 6.42 Å². The monoisotopic (exact) mass is 387 g/mol. The molecule has 29 heavy (non-hydrogen) atoms. The molecule has 0 radical (unpaired) electrons. The van der Waals surface area contributed by atoms with Crippen LogP contribution in [0.1, 0.15) is 42.5 Å². The van der Waals surface area contributed by atoms with E-state index in [1.54, 1.807) is 12.1 Å². The van der Waals surface area contributed by atoms with Crippen LogP contribution in [0, 0.1) is 0 Å². The third kappa shape index (κ3) is 5.07. The lowest BCUT2D eigenvalue weighted by molar-refractivity contribution is 0.328. The molecule has 3 nitrogen and oxygen atoms in total. The van der Waals surface area contributed by atoms with Gasteiger partial charge in [-0.1, -0.05) is 62.4 Å². The van der Waals surface area contributed by atoms with Crippen molar-refractivity contribution in [1.29, 1.82) is 0 Å². The molecule has 0 unspecified atom stereocenters. The van der Waals surface area contributed by atoms with Gasteiger partial charge in [0.2, 0.25) is 0 Å². The van der Waals surface area contributed by atoms with Crippen LogP contribution in [0.3, 0.4) is 0 Å². The van der Waals surface area contributed by atoms with Crippen LogP contribution < -0.4 is 10.5 Å². The minimum atomic E-state index is 0.268. The summed E-state index contributed by atoms with van der Waals surface area (Å²) in [6.45, 7) is 5.35. The number of rotatable bonds is 8. The molecule has 0 heterocycles. The molecule has 3 aromatic carbocycles. The summed E-state index contributed by atoms with van der Waals surface area (Å²) in [7, 11) is 0. The number of phenolic OH excluding ortho intramolecular Hbond substituents is 1. The van der Waals surface area contributed by atoms with Crippen LogP contribution in [0.2, 0.25) is 0 Å². The van der Waals surface area contributed by atoms with E-state index in [9.17, 15) is 5.11 Å². The standard InChI is InChI=1S/C26H29NO2/c1-3-19-5-7-20(8-6-19)25(4-2)26(21-9-13-23(28)14-10-21)22-11-15-24(16-12-22)29-18-17-27/h5-16,28H,3-4,17-18,27H2,1-2H3/b26-25-. The van der Waals surface area contributed by atoms with Gasteiger partial charge in [-0.05, 0) is 70.5 Å². The minimum absolute atomic E-state index is 0.268. The van der Waals surface area contributed by atoms with Gasteiger partial charge in [0.1, 0.15) is 18.1 Å². The van der Waals surface area contributed by atoms with E-state index in [2.05, 4.69) is 50.2 Å². The molecule has 0 aliphatic rings. The first-order valence-electron chi connectivity index (χ1n) is 10.2. The van der Waals surface area contributed by atoms with Gasteiger partial charge in [0, 0.05) is 6.54 Å². The summed E-state index contributed by atoms with van der Waals surface area (Å²) in [4.78, 5) is 0. The highest BCUT2D eigenvalue weighted by Crippen LogP contribution is 2.35. The van der Waals surface area contributed by atoms with Gasteiger partial charge in [-0.3, -0.25) is 0 Å². The first-order chi connectivity index (χ1) is 14.2. The molecule has 0 aliphatic carbocycles. The number of aryl methyl sites for hydroxylation is 1.